The van der Waals surface area contributed by atoms with Gasteiger partial charge in [-0.05, 0) is 48.9 Å². The minimum absolute atomic E-state index is 0.0660. The van der Waals surface area contributed by atoms with Crippen molar-refractivity contribution in [2.75, 3.05) is 11.9 Å². The van der Waals surface area contributed by atoms with E-state index in [0.29, 0.717) is 13.0 Å². The van der Waals surface area contributed by atoms with E-state index in [0.717, 1.165) is 24.1 Å². The van der Waals surface area contributed by atoms with Crippen molar-refractivity contribution in [3.63, 3.8) is 0 Å². The van der Waals surface area contributed by atoms with Gasteiger partial charge >= 0.3 is 0 Å². The Balaban J connectivity index is 1.95. The van der Waals surface area contributed by atoms with E-state index < -0.39 is 0 Å². The standard InChI is InChI=1S/C13H18FN3O/c1-9-4-10(14)6-11(5-9)16-8-13(2-3-13)7-12(15)17-18/h4-6,16,18H,2-3,7-8H2,1H3,(H2,15,17). The van der Waals surface area contributed by atoms with Gasteiger partial charge in [-0.15, -0.1) is 0 Å². The van der Waals surface area contributed by atoms with Crippen molar-refractivity contribution < 1.29 is 9.60 Å². The second kappa shape index (κ2) is 4.84. The van der Waals surface area contributed by atoms with Crippen molar-refractivity contribution in [1.29, 1.82) is 0 Å². The van der Waals surface area contributed by atoms with E-state index in [1.165, 1.54) is 12.1 Å². The molecule has 1 aromatic rings. The van der Waals surface area contributed by atoms with Gasteiger partial charge in [0.1, 0.15) is 11.7 Å². The monoisotopic (exact) mass is 251 g/mol. The van der Waals surface area contributed by atoms with Crippen LogP contribution in [0.3, 0.4) is 0 Å². The predicted octanol–water partition coefficient (Wildman–Crippen LogP) is 2.46. The van der Waals surface area contributed by atoms with Crippen molar-refractivity contribution in [2.24, 2.45) is 16.3 Å². The zero-order valence-electron chi connectivity index (χ0n) is 10.4. The largest absolute Gasteiger partial charge is 0.409 e. The maximum Gasteiger partial charge on any atom is 0.139 e. The summed E-state index contributed by atoms with van der Waals surface area (Å²) >= 11 is 0. The maximum absolute atomic E-state index is 13.2. The average Bonchev–Trinajstić information content (AvgIpc) is 3.05. The van der Waals surface area contributed by atoms with E-state index in [2.05, 4.69) is 10.5 Å². The molecule has 2 rings (SSSR count). The molecule has 0 heterocycles. The van der Waals surface area contributed by atoms with Crippen LogP contribution in [-0.2, 0) is 0 Å². The van der Waals surface area contributed by atoms with Gasteiger partial charge in [-0.3, -0.25) is 0 Å². The highest BCUT2D eigenvalue weighted by atomic mass is 19.1. The third kappa shape index (κ3) is 3.12. The number of aryl methyl sites for hydroxylation is 1. The Morgan fingerprint density at radius 2 is 2.22 bits per heavy atom. The number of amidine groups is 1. The summed E-state index contributed by atoms with van der Waals surface area (Å²) in [4.78, 5) is 0. The summed E-state index contributed by atoms with van der Waals surface area (Å²) in [5.41, 5.74) is 7.26. The van der Waals surface area contributed by atoms with Crippen LogP contribution in [0.5, 0.6) is 0 Å². The maximum atomic E-state index is 13.2. The second-order valence-corrected chi connectivity index (χ2v) is 5.14. The number of nitrogens with two attached hydrogens (primary N) is 1. The lowest BCUT2D eigenvalue weighted by atomic mass is 10.0. The SMILES string of the molecule is Cc1cc(F)cc(NCC2(CC(N)=NO)CC2)c1. The molecule has 0 aliphatic heterocycles. The van der Waals surface area contributed by atoms with E-state index in [4.69, 9.17) is 10.9 Å². The molecular formula is C13H18FN3O. The molecule has 98 valence electrons. The van der Waals surface area contributed by atoms with Gasteiger partial charge < -0.3 is 16.3 Å². The number of hydrogen-bond acceptors (Lipinski definition) is 3. The molecule has 0 radical (unpaired) electrons. The zero-order chi connectivity index (χ0) is 13.2. The van der Waals surface area contributed by atoms with E-state index >= 15 is 0 Å². The molecular weight excluding hydrogens is 233 g/mol. The van der Waals surface area contributed by atoms with E-state index in [-0.39, 0.29) is 17.1 Å². The van der Waals surface area contributed by atoms with Gasteiger partial charge in [-0.2, -0.15) is 0 Å². The lowest BCUT2D eigenvalue weighted by Gasteiger charge is -2.16. The fourth-order valence-corrected chi connectivity index (χ4v) is 2.14. The van der Waals surface area contributed by atoms with Gasteiger partial charge in [-0.1, -0.05) is 5.16 Å². The van der Waals surface area contributed by atoms with Gasteiger partial charge in [0.2, 0.25) is 0 Å². The lowest BCUT2D eigenvalue weighted by molar-refractivity contribution is 0.315. The molecule has 1 saturated carbocycles. The quantitative estimate of drug-likeness (QED) is 0.326. The van der Waals surface area contributed by atoms with Crippen molar-refractivity contribution >= 4 is 11.5 Å². The molecule has 0 atom stereocenters. The highest BCUT2D eigenvalue weighted by Crippen LogP contribution is 2.48. The predicted molar refractivity (Wildman–Crippen MR) is 69.3 cm³/mol. The average molecular weight is 251 g/mol. The van der Waals surface area contributed by atoms with E-state index in [1.807, 2.05) is 13.0 Å². The minimum Gasteiger partial charge on any atom is -0.409 e. The van der Waals surface area contributed by atoms with Crippen LogP contribution in [0.4, 0.5) is 10.1 Å². The Labute approximate surface area is 106 Å². The van der Waals surface area contributed by atoms with Gasteiger partial charge in [0.25, 0.3) is 0 Å². The number of nitrogens with zero attached hydrogens (tertiary/aromatic N) is 1. The molecule has 1 aliphatic rings. The van der Waals surface area contributed by atoms with Gasteiger partial charge in [0, 0.05) is 18.7 Å². The first-order valence-electron chi connectivity index (χ1n) is 6.00. The molecule has 1 fully saturated rings. The summed E-state index contributed by atoms with van der Waals surface area (Å²) in [6, 6.07) is 4.88. The number of hydrogen-bond donors (Lipinski definition) is 3. The third-order valence-corrected chi connectivity index (χ3v) is 3.35. The first kappa shape index (κ1) is 12.7. The summed E-state index contributed by atoms with van der Waals surface area (Å²) in [5.74, 6) is 0.0171. The number of rotatable bonds is 5. The molecule has 0 saturated heterocycles. The summed E-state index contributed by atoms with van der Waals surface area (Å²) < 4.78 is 13.2. The zero-order valence-corrected chi connectivity index (χ0v) is 10.4. The third-order valence-electron chi connectivity index (χ3n) is 3.35. The molecule has 4 nitrogen and oxygen atoms in total. The highest BCUT2D eigenvalue weighted by molar-refractivity contribution is 5.80. The first-order valence-corrected chi connectivity index (χ1v) is 6.00. The Hall–Kier alpha value is -1.78. The topological polar surface area (TPSA) is 70.6 Å². The smallest absolute Gasteiger partial charge is 0.139 e. The molecule has 1 aromatic carbocycles. The minimum atomic E-state index is -0.237. The molecule has 1 aliphatic carbocycles. The Morgan fingerprint density at radius 3 is 2.78 bits per heavy atom. The van der Waals surface area contributed by atoms with E-state index in [9.17, 15) is 4.39 Å². The number of anilines is 1. The Kier molecular flexibility index (Phi) is 3.41. The van der Waals surface area contributed by atoms with Crippen LogP contribution >= 0.6 is 0 Å². The molecule has 0 bridgehead atoms. The number of nitrogens with one attached hydrogen (secondary N) is 1. The first-order chi connectivity index (χ1) is 8.53. The normalized spacial score (nSPS) is 17.6. The molecule has 18 heavy (non-hydrogen) atoms. The van der Waals surface area contributed by atoms with Crippen LogP contribution in [0, 0.1) is 18.2 Å². The summed E-state index contributed by atoms with van der Waals surface area (Å²) in [6.07, 6.45) is 2.67. The van der Waals surface area contributed by atoms with Crippen molar-refractivity contribution in [1.82, 2.24) is 0 Å². The van der Waals surface area contributed by atoms with Crippen LogP contribution in [0.2, 0.25) is 0 Å². The number of halogens is 1. The number of oxime groups is 1. The van der Waals surface area contributed by atoms with Crippen LogP contribution < -0.4 is 11.1 Å². The fraction of sp³-hybridized carbons (Fsp3) is 0.462. The summed E-state index contributed by atoms with van der Waals surface area (Å²) in [6.45, 7) is 2.57. The van der Waals surface area contributed by atoms with Crippen molar-refractivity contribution in [2.45, 2.75) is 26.2 Å². The summed E-state index contributed by atoms with van der Waals surface area (Å²) in [7, 11) is 0. The van der Waals surface area contributed by atoms with Crippen LogP contribution in [-0.4, -0.2) is 17.6 Å². The van der Waals surface area contributed by atoms with Crippen molar-refractivity contribution in [3.8, 4) is 0 Å². The van der Waals surface area contributed by atoms with Crippen LogP contribution in [0.1, 0.15) is 24.8 Å². The second-order valence-electron chi connectivity index (χ2n) is 5.14. The van der Waals surface area contributed by atoms with E-state index in [1.54, 1.807) is 0 Å². The molecule has 0 aromatic heterocycles. The molecule has 0 spiro atoms. The summed E-state index contributed by atoms with van der Waals surface area (Å²) in [5, 5.41) is 14.8. The number of benzene rings is 1. The van der Waals surface area contributed by atoms with Crippen LogP contribution in [0.15, 0.2) is 23.4 Å². The Morgan fingerprint density at radius 1 is 1.50 bits per heavy atom. The van der Waals surface area contributed by atoms with Gasteiger partial charge in [-0.25, -0.2) is 4.39 Å². The van der Waals surface area contributed by atoms with Gasteiger partial charge in [0.15, 0.2) is 0 Å². The highest BCUT2D eigenvalue weighted by Gasteiger charge is 2.43. The van der Waals surface area contributed by atoms with Crippen LogP contribution in [0.25, 0.3) is 0 Å². The fourth-order valence-electron chi connectivity index (χ4n) is 2.14. The molecule has 5 heteroatoms. The van der Waals surface area contributed by atoms with Gasteiger partial charge in [0.05, 0.1) is 0 Å². The Bertz CT molecular complexity index is 449. The van der Waals surface area contributed by atoms with Crippen molar-refractivity contribution in [3.05, 3.63) is 29.6 Å². The molecule has 0 amide bonds. The molecule has 0 unspecified atom stereocenters. The molecule has 4 N–H and O–H groups in total. The lowest BCUT2D eigenvalue weighted by Crippen LogP contribution is -2.23.